The second-order valence-corrected chi connectivity index (χ2v) is 27.1. The van der Waals surface area contributed by atoms with Crippen molar-refractivity contribution in [1.29, 1.82) is 0 Å². The molecule has 0 aliphatic heterocycles. The van der Waals surface area contributed by atoms with Gasteiger partial charge in [-0.05, 0) is 0 Å². The van der Waals surface area contributed by atoms with Crippen molar-refractivity contribution in [2.45, 2.75) is 27.7 Å². The van der Waals surface area contributed by atoms with E-state index in [2.05, 4.69) is 125 Å². The Morgan fingerprint density at radius 2 is 0.467 bits per heavy atom. The van der Waals surface area contributed by atoms with Crippen LogP contribution in [0.2, 0.25) is 0 Å². The Balaban J connectivity index is 2.08. The molecule has 0 aliphatic carbocycles. The van der Waals surface area contributed by atoms with Gasteiger partial charge in [0.15, 0.2) is 0 Å². The van der Waals surface area contributed by atoms with Gasteiger partial charge in [0.2, 0.25) is 0 Å². The zero-order valence-electron chi connectivity index (χ0n) is 18.2. The van der Waals surface area contributed by atoms with Crippen molar-refractivity contribution >= 4 is 41.3 Å². The summed E-state index contributed by atoms with van der Waals surface area (Å²) in [5, 5.41) is 0. The van der Waals surface area contributed by atoms with E-state index >= 15 is 0 Å². The molecule has 0 fully saturated rings. The number of hydrogen-bond acceptors (Lipinski definition) is 0. The van der Waals surface area contributed by atoms with Crippen molar-refractivity contribution in [2.75, 3.05) is 0 Å². The van der Waals surface area contributed by atoms with Gasteiger partial charge in [0.25, 0.3) is 0 Å². The zero-order chi connectivity index (χ0) is 21.1. The number of benzene rings is 4. The fourth-order valence-corrected chi connectivity index (χ4v) is 31.7. The van der Waals surface area contributed by atoms with Gasteiger partial charge in [-0.1, -0.05) is 0 Å². The van der Waals surface area contributed by atoms with E-state index < -0.39 is 23.7 Å². The number of rotatable bonds is 4. The molecule has 0 nitrogen and oxygen atoms in total. The molecule has 0 bridgehead atoms. The van der Waals surface area contributed by atoms with Crippen LogP contribution in [0, 0.1) is 27.7 Å². The minimum atomic E-state index is -1.79. The predicted molar refractivity (Wildman–Crippen MR) is 135 cm³/mol. The van der Waals surface area contributed by atoms with Crippen LogP contribution in [0.25, 0.3) is 0 Å². The molecule has 0 atom stereocenters. The van der Waals surface area contributed by atoms with E-state index in [1.807, 2.05) is 0 Å². The van der Waals surface area contributed by atoms with Crippen LogP contribution in [0.3, 0.4) is 0 Å². The standard InChI is InChI=1S/C28H28Ge2/c1-21-5-13-25(14-6-21)29(26-15-7-22(2)8-16-26)30(27-17-9-23(3)10-18-27)28-19-11-24(4)12-20-28/h5-20H,1-4H3. The molecule has 0 spiro atoms. The van der Waals surface area contributed by atoms with E-state index in [1.165, 1.54) is 22.3 Å². The first-order chi connectivity index (χ1) is 14.5. The molecular formula is C28H28Ge2. The van der Waals surface area contributed by atoms with Gasteiger partial charge in [0.05, 0.1) is 0 Å². The molecule has 0 saturated heterocycles. The Bertz CT molecular complexity index is 974. The summed E-state index contributed by atoms with van der Waals surface area (Å²) in [5.74, 6) is 0. The molecular weight excluding hydrogens is 482 g/mol. The average Bonchev–Trinajstić information content (AvgIpc) is 2.75. The van der Waals surface area contributed by atoms with E-state index in [-0.39, 0.29) is 0 Å². The topological polar surface area (TPSA) is 0 Å². The monoisotopic (exact) mass is 512 g/mol. The molecule has 4 aromatic carbocycles. The molecule has 148 valence electrons. The molecule has 30 heavy (non-hydrogen) atoms. The predicted octanol–water partition coefficient (Wildman–Crippen LogP) is 3.92. The van der Waals surface area contributed by atoms with Crippen LogP contribution in [0.15, 0.2) is 97.1 Å². The van der Waals surface area contributed by atoms with Crippen LogP contribution >= 0.6 is 0 Å². The van der Waals surface area contributed by atoms with Crippen molar-refractivity contribution in [3.63, 3.8) is 0 Å². The summed E-state index contributed by atoms with van der Waals surface area (Å²) in [4.78, 5) is 0. The van der Waals surface area contributed by atoms with Gasteiger partial charge < -0.3 is 0 Å². The van der Waals surface area contributed by atoms with E-state index in [1.54, 1.807) is 17.6 Å². The van der Waals surface area contributed by atoms with Crippen LogP contribution in [0.4, 0.5) is 0 Å². The Morgan fingerprint density at radius 1 is 0.300 bits per heavy atom. The minimum absolute atomic E-state index is 1.34. The van der Waals surface area contributed by atoms with Gasteiger partial charge in [-0.3, -0.25) is 0 Å². The third-order valence-electron chi connectivity index (χ3n) is 5.61. The van der Waals surface area contributed by atoms with Gasteiger partial charge in [-0.25, -0.2) is 0 Å². The third kappa shape index (κ3) is 4.82. The Hall–Kier alpha value is -2.03. The summed E-state index contributed by atoms with van der Waals surface area (Å²) in [5.41, 5.74) is 5.36. The van der Waals surface area contributed by atoms with Gasteiger partial charge in [-0.15, -0.1) is 0 Å². The second kappa shape index (κ2) is 9.41. The first kappa shape index (κ1) is 21.2. The number of aryl methyl sites for hydroxylation is 4. The maximum atomic E-state index is 2.42. The third-order valence-corrected chi connectivity index (χ3v) is 32.3. The van der Waals surface area contributed by atoms with Crippen molar-refractivity contribution in [3.05, 3.63) is 119 Å². The second-order valence-electron chi connectivity index (χ2n) is 8.21. The molecule has 4 rings (SSSR count). The van der Waals surface area contributed by atoms with Gasteiger partial charge in [0.1, 0.15) is 0 Å². The van der Waals surface area contributed by atoms with Crippen molar-refractivity contribution < 1.29 is 0 Å². The molecule has 0 aliphatic rings. The zero-order valence-corrected chi connectivity index (χ0v) is 22.4. The molecule has 0 heterocycles. The van der Waals surface area contributed by atoms with Crippen LogP contribution < -0.4 is 17.6 Å². The fourth-order valence-electron chi connectivity index (χ4n) is 3.79. The molecule has 0 amide bonds. The molecule has 0 unspecified atom stereocenters. The van der Waals surface area contributed by atoms with Gasteiger partial charge in [0, 0.05) is 0 Å². The van der Waals surface area contributed by atoms with Crippen molar-refractivity contribution in [3.8, 4) is 0 Å². The summed E-state index contributed by atoms with van der Waals surface area (Å²) in [7, 11) is 0. The summed E-state index contributed by atoms with van der Waals surface area (Å²) in [6.45, 7) is 8.75. The van der Waals surface area contributed by atoms with Crippen LogP contribution in [-0.2, 0) is 0 Å². The van der Waals surface area contributed by atoms with E-state index in [4.69, 9.17) is 0 Å². The Morgan fingerprint density at radius 3 is 0.633 bits per heavy atom. The summed E-state index contributed by atoms with van der Waals surface area (Å²) in [6.07, 6.45) is 0. The quantitative estimate of drug-likeness (QED) is 0.366. The van der Waals surface area contributed by atoms with E-state index in [9.17, 15) is 0 Å². The molecule has 4 aromatic rings. The molecule has 0 aromatic heterocycles. The van der Waals surface area contributed by atoms with E-state index in [0.717, 1.165) is 0 Å². The first-order valence-corrected chi connectivity index (χ1v) is 21.2. The van der Waals surface area contributed by atoms with Crippen LogP contribution in [0.1, 0.15) is 22.3 Å². The van der Waals surface area contributed by atoms with E-state index in [0.29, 0.717) is 0 Å². The average molecular weight is 510 g/mol. The first-order valence-electron chi connectivity index (χ1n) is 10.5. The summed E-state index contributed by atoms with van der Waals surface area (Å²) in [6, 6.07) is 37.8. The van der Waals surface area contributed by atoms with Crippen LogP contribution in [-0.4, -0.2) is 23.7 Å². The Labute approximate surface area is 187 Å². The SMILES string of the molecule is Cc1cc[c]([Ge]([c]2ccc(C)cc2)=[Ge]([c]2ccc(C)cc2)[c]2ccc(C)cc2)cc1. The van der Waals surface area contributed by atoms with Gasteiger partial charge >= 0.3 is 188 Å². The van der Waals surface area contributed by atoms with Gasteiger partial charge in [-0.2, -0.15) is 0 Å². The summed E-state index contributed by atoms with van der Waals surface area (Å²) < 4.78 is 6.39. The molecule has 0 radical (unpaired) electrons. The molecule has 0 N–H and O–H groups in total. The normalized spacial score (nSPS) is 10.7. The maximum absolute atomic E-state index is 2.42. The van der Waals surface area contributed by atoms with Crippen molar-refractivity contribution in [2.24, 2.45) is 0 Å². The fraction of sp³-hybridized carbons (Fsp3) is 0.143. The number of hydrogen-bond donors (Lipinski definition) is 0. The molecule has 2 heteroatoms. The Kier molecular flexibility index (Phi) is 6.65. The summed E-state index contributed by atoms with van der Waals surface area (Å²) >= 11 is -3.58. The molecule has 0 saturated carbocycles. The van der Waals surface area contributed by atoms with Crippen LogP contribution in [0.5, 0.6) is 0 Å². The van der Waals surface area contributed by atoms with Crippen molar-refractivity contribution in [1.82, 2.24) is 0 Å².